The molecule has 8 heteroatoms. The van der Waals surface area contributed by atoms with E-state index in [2.05, 4.69) is 20.6 Å². The molecule has 2 N–H and O–H groups in total. The normalized spacial score (nSPS) is 10.4. The van der Waals surface area contributed by atoms with Crippen molar-refractivity contribution >= 4 is 29.1 Å². The zero-order chi connectivity index (χ0) is 16.7. The smallest absolute Gasteiger partial charge is 0.274 e. The van der Waals surface area contributed by atoms with Gasteiger partial charge in [0.2, 0.25) is 5.95 Å². The van der Waals surface area contributed by atoms with E-state index in [-0.39, 0.29) is 10.7 Å². The number of hydrogen-bond donors (Lipinski definition) is 2. The molecule has 0 radical (unpaired) electrons. The Bertz CT molecular complexity index is 684. The van der Waals surface area contributed by atoms with Gasteiger partial charge in [0.05, 0.1) is 5.02 Å². The summed E-state index contributed by atoms with van der Waals surface area (Å²) >= 11 is 5.68. The van der Waals surface area contributed by atoms with Crippen LogP contribution in [0.4, 0.5) is 16.0 Å². The first-order valence-electron chi connectivity index (χ1n) is 6.92. The molecule has 2 rings (SSSR count). The standard InChI is InChI=1S/C15H16ClFN4O2/c1-23-8-2-6-18-15-19-7-5-13(21-15)14(22)20-10-3-4-12(17)11(16)9-10/h3-5,7,9H,2,6,8H2,1H3,(H,20,22)(H,18,19,21). The highest BCUT2D eigenvalue weighted by Gasteiger charge is 2.10. The lowest BCUT2D eigenvalue weighted by Gasteiger charge is -2.07. The summed E-state index contributed by atoms with van der Waals surface area (Å²) in [5, 5.41) is 5.54. The van der Waals surface area contributed by atoms with Crippen LogP contribution in [0.25, 0.3) is 0 Å². The monoisotopic (exact) mass is 338 g/mol. The van der Waals surface area contributed by atoms with E-state index in [1.807, 2.05) is 0 Å². The maximum absolute atomic E-state index is 13.1. The van der Waals surface area contributed by atoms with Crippen molar-refractivity contribution in [3.8, 4) is 0 Å². The van der Waals surface area contributed by atoms with E-state index >= 15 is 0 Å². The average molecular weight is 339 g/mol. The Labute approximate surface area is 138 Å². The van der Waals surface area contributed by atoms with E-state index in [1.54, 1.807) is 7.11 Å². The first kappa shape index (κ1) is 17.1. The molecule has 0 saturated heterocycles. The molecule has 0 saturated carbocycles. The maximum Gasteiger partial charge on any atom is 0.274 e. The van der Waals surface area contributed by atoms with Gasteiger partial charge in [-0.3, -0.25) is 4.79 Å². The third-order valence-corrected chi connectivity index (χ3v) is 3.16. The average Bonchev–Trinajstić information content (AvgIpc) is 2.55. The van der Waals surface area contributed by atoms with Crippen LogP contribution in [0.2, 0.25) is 5.02 Å². The van der Waals surface area contributed by atoms with E-state index in [0.717, 1.165) is 6.42 Å². The lowest BCUT2D eigenvalue weighted by Crippen LogP contribution is -2.16. The fraction of sp³-hybridized carbons (Fsp3) is 0.267. The van der Waals surface area contributed by atoms with Gasteiger partial charge in [-0.1, -0.05) is 11.6 Å². The van der Waals surface area contributed by atoms with Crippen molar-refractivity contribution in [2.24, 2.45) is 0 Å². The minimum Gasteiger partial charge on any atom is -0.385 e. The molecule has 2 aromatic rings. The van der Waals surface area contributed by atoms with Gasteiger partial charge in [0, 0.05) is 32.1 Å². The molecule has 0 aliphatic heterocycles. The van der Waals surface area contributed by atoms with Gasteiger partial charge in [-0.15, -0.1) is 0 Å². The van der Waals surface area contributed by atoms with E-state index in [0.29, 0.717) is 24.8 Å². The molecule has 6 nitrogen and oxygen atoms in total. The Hall–Kier alpha value is -2.25. The number of methoxy groups -OCH3 is 1. The van der Waals surface area contributed by atoms with Crippen molar-refractivity contribution in [3.63, 3.8) is 0 Å². The molecular formula is C15H16ClFN4O2. The van der Waals surface area contributed by atoms with Gasteiger partial charge in [0.1, 0.15) is 11.5 Å². The number of ether oxygens (including phenoxy) is 1. The summed E-state index contributed by atoms with van der Waals surface area (Å²) in [4.78, 5) is 20.3. The maximum atomic E-state index is 13.1. The second-order valence-corrected chi connectivity index (χ2v) is 5.03. The molecule has 1 heterocycles. The summed E-state index contributed by atoms with van der Waals surface area (Å²) in [5.41, 5.74) is 0.573. The Morgan fingerprint density at radius 2 is 2.22 bits per heavy atom. The number of carbonyl (C=O) groups excluding carboxylic acids is 1. The predicted octanol–water partition coefficient (Wildman–Crippen LogP) is 2.97. The Kier molecular flexibility index (Phi) is 6.25. The van der Waals surface area contributed by atoms with Gasteiger partial charge in [-0.25, -0.2) is 14.4 Å². The van der Waals surface area contributed by atoms with E-state index in [9.17, 15) is 9.18 Å². The van der Waals surface area contributed by atoms with Crippen molar-refractivity contribution in [3.05, 3.63) is 47.0 Å². The summed E-state index contributed by atoms with van der Waals surface area (Å²) < 4.78 is 18.0. The summed E-state index contributed by atoms with van der Waals surface area (Å²) in [6.07, 6.45) is 2.28. The highest BCUT2D eigenvalue weighted by Crippen LogP contribution is 2.19. The number of halogens is 2. The van der Waals surface area contributed by atoms with Crippen molar-refractivity contribution < 1.29 is 13.9 Å². The molecule has 0 atom stereocenters. The van der Waals surface area contributed by atoms with Crippen molar-refractivity contribution in [2.75, 3.05) is 30.9 Å². The summed E-state index contributed by atoms with van der Waals surface area (Å²) in [6, 6.07) is 5.42. The molecule has 1 amide bonds. The molecule has 23 heavy (non-hydrogen) atoms. The number of amides is 1. The second-order valence-electron chi connectivity index (χ2n) is 4.62. The SMILES string of the molecule is COCCCNc1nccc(C(=O)Nc2ccc(F)c(Cl)c2)n1. The van der Waals surface area contributed by atoms with Crippen LogP contribution in [0.15, 0.2) is 30.5 Å². The third-order valence-electron chi connectivity index (χ3n) is 2.87. The third kappa shape index (κ3) is 5.15. The second kappa shape index (κ2) is 8.40. The van der Waals surface area contributed by atoms with Crippen molar-refractivity contribution in [1.29, 1.82) is 0 Å². The first-order valence-corrected chi connectivity index (χ1v) is 7.30. The molecule has 0 spiro atoms. The molecule has 0 unspecified atom stereocenters. The van der Waals surface area contributed by atoms with Crippen LogP contribution >= 0.6 is 11.6 Å². The van der Waals surface area contributed by atoms with E-state index < -0.39 is 11.7 Å². The molecule has 1 aromatic carbocycles. The Balaban J connectivity index is 2.00. The number of aromatic nitrogens is 2. The minimum atomic E-state index is -0.547. The predicted molar refractivity (Wildman–Crippen MR) is 86.4 cm³/mol. The zero-order valence-corrected chi connectivity index (χ0v) is 13.2. The summed E-state index contributed by atoms with van der Waals surface area (Å²) in [5.74, 6) is -0.629. The number of nitrogens with one attached hydrogen (secondary N) is 2. The van der Waals surface area contributed by atoms with Crippen LogP contribution < -0.4 is 10.6 Å². The van der Waals surface area contributed by atoms with Gasteiger partial charge in [0.15, 0.2) is 0 Å². The van der Waals surface area contributed by atoms with Crippen LogP contribution in [0.5, 0.6) is 0 Å². The van der Waals surface area contributed by atoms with Crippen LogP contribution in [-0.2, 0) is 4.74 Å². The Morgan fingerprint density at radius 1 is 1.39 bits per heavy atom. The zero-order valence-electron chi connectivity index (χ0n) is 12.5. The number of benzene rings is 1. The lowest BCUT2D eigenvalue weighted by molar-refractivity contribution is 0.102. The van der Waals surface area contributed by atoms with Gasteiger partial charge in [-0.05, 0) is 30.7 Å². The van der Waals surface area contributed by atoms with Crippen molar-refractivity contribution in [2.45, 2.75) is 6.42 Å². The van der Waals surface area contributed by atoms with Crippen molar-refractivity contribution in [1.82, 2.24) is 9.97 Å². The topological polar surface area (TPSA) is 76.1 Å². The largest absolute Gasteiger partial charge is 0.385 e. The number of carbonyl (C=O) groups is 1. The molecule has 0 aliphatic carbocycles. The van der Waals surface area contributed by atoms with Gasteiger partial charge < -0.3 is 15.4 Å². The lowest BCUT2D eigenvalue weighted by atomic mass is 10.3. The number of anilines is 2. The number of nitrogens with zero attached hydrogens (tertiary/aromatic N) is 2. The van der Waals surface area contributed by atoms with E-state index in [1.165, 1.54) is 30.5 Å². The number of rotatable bonds is 7. The molecule has 0 fully saturated rings. The van der Waals surface area contributed by atoms with Crippen LogP contribution in [-0.4, -0.2) is 36.1 Å². The van der Waals surface area contributed by atoms with Crippen LogP contribution in [0, 0.1) is 5.82 Å². The summed E-state index contributed by atoms with van der Waals surface area (Å²) in [7, 11) is 1.63. The molecule has 0 bridgehead atoms. The van der Waals surface area contributed by atoms with Gasteiger partial charge in [-0.2, -0.15) is 0 Å². The fourth-order valence-corrected chi connectivity index (χ4v) is 1.94. The quantitative estimate of drug-likeness (QED) is 0.759. The van der Waals surface area contributed by atoms with Gasteiger partial charge >= 0.3 is 0 Å². The highest BCUT2D eigenvalue weighted by atomic mass is 35.5. The fourth-order valence-electron chi connectivity index (χ4n) is 1.76. The molecule has 122 valence electrons. The Morgan fingerprint density at radius 3 is 2.96 bits per heavy atom. The van der Waals surface area contributed by atoms with Crippen LogP contribution in [0.3, 0.4) is 0 Å². The van der Waals surface area contributed by atoms with Crippen LogP contribution in [0.1, 0.15) is 16.9 Å². The van der Waals surface area contributed by atoms with Gasteiger partial charge in [0.25, 0.3) is 5.91 Å². The first-order chi connectivity index (χ1) is 11.1. The molecule has 0 aliphatic rings. The number of hydrogen-bond acceptors (Lipinski definition) is 5. The molecular weight excluding hydrogens is 323 g/mol. The molecule has 1 aromatic heterocycles. The highest BCUT2D eigenvalue weighted by molar-refractivity contribution is 6.31. The minimum absolute atomic E-state index is 0.0639. The summed E-state index contributed by atoms with van der Waals surface area (Å²) in [6.45, 7) is 1.25. The van der Waals surface area contributed by atoms with E-state index in [4.69, 9.17) is 16.3 Å².